The quantitative estimate of drug-likeness (QED) is 0.340. The molecule has 0 saturated carbocycles. The van der Waals surface area contributed by atoms with Gasteiger partial charge in [-0.25, -0.2) is 0 Å². The van der Waals surface area contributed by atoms with E-state index in [0.717, 1.165) is 0 Å². The average molecular weight is 280 g/mol. The molecule has 108 valence electrons. The first-order valence-electron chi connectivity index (χ1n) is 6.52. The summed E-state index contributed by atoms with van der Waals surface area (Å²) in [5.74, 6) is -0.415. The van der Waals surface area contributed by atoms with Gasteiger partial charge in [0.25, 0.3) is 0 Å². The minimum atomic E-state index is -2.48. The molecular weight excluding hydrogens is 255 g/mol. The Morgan fingerprint density at radius 1 is 1.11 bits per heavy atom. The predicted octanol–water partition coefficient (Wildman–Crippen LogP) is 1.46. The second kappa shape index (κ2) is 10.5. The molecule has 1 atom stereocenters. The first kappa shape index (κ1) is 17.6. The van der Waals surface area contributed by atoms with Gasteiger partial charge in [0, 0.05) is 19.4 Å². The molecule has 0 saturated heterocycles. The van der Waals surface area contributed by atoms with Crippen LogP contribution in [0.15, 0.2) is 0 Å². The van der Waals surface area contributed by atoms with Gasteiger partial charge in [-0.3, -0.25) is 4.79 Å². The van der Waals surface area contributed by atoms with Crippen molar-refractivity contribution in [3.05, 3.63) is 0 Å². The molecule has 0 heterocycles. The number of carbonyl (C=O) groups is 1. The molecule has 0 bridgehead atoms. The summed E-state index contributed by atoms with van der Waals surface area (Å²) in [6, 6.07) is 0. The highest BCUT2D eigenvalue weighted by molar-refractivity contribution is 7.64. The fourth-order valence-electron chi connectivity index (χ4n) is 1.54. The Hall–Kier alpha value is -0.380. The van der Waals surface area contributed by atoms with E-state index in [1.807, 2.05) is 6.92 Å². The van der Waals surface area contributed by atoms with Crippen LogP contribution in [0.3, 0.4) is 0 Å². The standard InChI is InChI=1S/C12H25O5P/c1-2-18(16,10-6-4-8-14)11-12(15)17-9-5-3-7-13/h13-14H,2-11H2,1H3. The van der Waals surface area contributed by atoms with Crippen LogP contribution in [0.1, 0.15) is 32.6 Å². The van der Waals surface area contributed by atoms with E-state index in [2.05, 4.69) is 0 Å². The Kier molecular flexibility index (Phi) is 10.3. The average Bonchev–Trinajstić information content (AvgIpc) is 2.35. The van der Waals surface area contributed by atoms with E-state index >= 15 is 0 Å². The van der Waals surface area contributed by atoms with Gasteiger partial charge in [-0.15, -0.1) is 0 Å². The predicted molar refractivity (Wildman–Crippen MR) is 71.5 cm³/mol. The van der Waals surface area contributed by atoms with E-state index in [-0.39, 0.29) is 26.0 Å². The Bertz CT molecular complexity index is 267. The first-order chi connectivity index (χ1) is 8.58. The summed E-state index contributed by atoms with van der Waals surface area (Å²) in [5, 5.41) is 17.3. The Morgan fingerprint density at radius 2 is 1.72 bits per heavy atom. The zero-order valence-electron chi connectivity index (χ0n) is 11.1. The fourth-order valence-corrected chi connectivity index (χ4v) is 3.60. The molecule has 0 aliphatic carbocycles. The van der Waals surface area contributed by atoms with Crippen LogP contribution in [0, 0.1) is 0 Å². The second-order valence-corrected chi connectivity index (χ2v) is 7.85. The molecule has 2 N–H and O–H groups in total. The van der Waals surface area contributed by atoms with E-state index in [1.165, 1.54) is 0 Å². The number of aliphatic hydroxyl groups is 2. The molecule has 5 nitrogen and oxygen atoms in total. The molecule has 0 rings (SSSR count). The largest absolute Gasteiger partial charge is 0.465 e. The zero-order chi connectivity index (χ0) is 13.9. The third-order valence-corrected chi connectivity index (χ3v) is 5.90. The van der Waals surface area contributed by atoms with Crippen molar-refractivity contribution in [1.82, 2.24) is 0 Å². The van der Waals surface area contributed by atoms with Crippen LogP contribution in [0.2, 0.25) is 0 Å². The molecule has 18 heavy (non-hydrogen) atoms. The highest BCUT2D eigenvalue weighted by Crippen LogP contribution is 2.45. The smallest absolute Gasteiger partial charge is 0.313 e. The van der Waals surface area contributed by atoms with Crippen molar-refractivity contribution in [2.24, 2.45) is 0 Å². The summed E-state index contributed by atoms with van der Waals surface area (Å²) in [5.41, 5.74) is 0. The van der Waals surface area contributed by atoms with Crippen LogP contribution in [0.5, 0.6) is 0 Å². The molecule has 0 aromatic carbocycles. The van der Waals surface area contributed by atoms with Crippen molar-refractivity contribution in [2.45, 2.75) is 32.6 Å². The molecule has 0 aromatic heterocycles. The van der Waals surface area contributed by atoms with Crippen LogP contribution in [0.4, 0.5) is 0 Å². The summed E-state index contributed by atoms with van der Waals surface area (Å²) in [7, 11) is -2.48. The van der Waals surface area contributed by atoms with Gasteiger partial charge in [0.1, 0.15) is 0 Å². The molecule has 0 amide bonds. The maximum absolute atomic E-state index is 12.3. The van der Waals surface area contributed by atoms with Crippen LogP contribution < -0.4 is 0 Å². The summed E-state index contributed by atoms with van der Waals surface area (Å²) < 4.78 is 17.3. The van der Waals surface area contributed by atoms with E-state index in [0.29, 0.717) is 38.0 Å². The molecular formula is C12H25O5P. The van der Waals surface area contributed by atoms with Gasteiger partial charge in [0.05, 0.1) is 19.9 Å². The SMILES string of the molecule is CCP(=O)(CCCCO)CC(=O)OCCCCO. The van der Waals surface area contributed by atoms with Gasteiger partial charge < -0.3 is 19.5 Å². The highest BCUT2D eigenvalue weighted by Gasteiger charge is 2.23. The second-order valence-electron chi connectivity index (χ2n) is 4.34. The lowest BCUT2D eigenvalue weighted by atomic mass is 10.3. The third kappa shape index (κ3) is 8.67. The molecule has 0 spiro atoms. The van der Waals surface area contributed by atoms with Crippen molar-refractivity contribution in [1.29, 1.82) is 0 Å². The number of esters is 1. The molecule has 0 aliphatic heterocycles. The highest BCUT2D eigenvalue weighted by atomic mass is 31.2. The molecule has 0 fully saturated rings. The Morgan fingerprint density at radius 3 is 2.28 bits per heavy atom. The number of ether oxygens (including phenoxy) is 1. The van der Waals surface area contributed by atoms with E-state index in [1.54, 1.807) is 0 Å². The van der Waals surface area contributed by atoms with Gasteiger partial charge in [0.15, 0.2) is 0 Å². The number of carbonyl (C=O) groups excluding carboxylic acids is 1. The topological polar surface area (TPSA) is 83.8 Å². The summed E-state index contributed by atoms with van der Waals surface area (Å²) in [6.45, 7) is 2.28. The van der Waals surface area contributed by atoms with Crippen LogP contribution in [0.25, 0.3) is 0 Å². The van der Waals surface area contributed by atoms with Gasteiger partial charge >= 0.3 is 5.97 Å². The zero-order valence-corrected chi connectivity index (χ0v) is 12.0. The van der Waals surface area contributed by atoms with Gasteiger partial charge in [0.2, 0.25) is 0 Å². The van der Waals surface area contributed by atoms with Gasteiger partial charge in [-0.1, -0.05) is 6.92 Å². The fraction of sp³-hybridized carbons (Fsp3) is 0.917. The van der Waals surface area contributed by atoms with Crippen LogP contribution in [-0.2, 0) is 14.1 Å². The summed E-state index contributed by atoms with van der Waals surface area (Å²) in [6.07, 6.45) is 3.52. The van der Waals surface area contributed by atoms with E-state index in [4.69, 9.17) is 14.9 Å². The number of unbranched alkanes of at least 4 members (excludes halogenated alkanes) is 2. The van der Waals surface area contributed by atoms with Crippen molar-refractivity contribution in [2.75, 3.05) is 38.3 Å². The minimum Gasteiger partial charge on any atom is -0.465 e. The normalized spacial score (nSPS) is 14.2. The number of rotatable bonds is 11. The Labute approximate surface area is 109 Å². The van der Waals surface area contributed by atoms with Gasteiger partial charge in [-0.05, 0) is 31.8 Å². The molecule has 0 aliphatic rings. The monoisotopic (exact) mass is 280 g/mol. The van der Waals surface area contributed by atoms with E-state index in [9.17, 15) is 9.36 Å². The number of aliphatic hydroxyl groups excluding tert-OH is 2. The Balaban J connectivity index is 3.94. The van der Waals surface area contributed by atoms with Crippen molar-refractivity contribution >= 4 is 13.1 Å². The molecule has 0 radical (unpaired) electrons. The lowest BCUT2D eigenvalue weighted by molar-refractivity contribution is -0.140. The van der Waals surface area contributed by atoms with E-state index < -0.39 is 13.1 Å². The lowest BCUT2D eigenvalue weighted by Gasteiger charge is -2.15. The molecule has 0 aromatic rings. The number of hydrogen-bond donors (Lipinski definition) is 2. The van der Waals surface area contributed by atoms with Crippen molar-refractivity contribution < 1.29 is 24.3 Å². The first-order valence-corrected chi connectivity index (χ1v) is 8.78. The summed E-state index contributed by atoms with van der Waals surface area (Å²) in [4.78, 5) is 11.5. The van der Waals surface area contributed by atoms with Gasteiger partial charge in [-0.2, -0.15) is 0 Å². The summed E-state index contributed by atoms with van der Waals surface area (Å²) >= 11 is 0. The molecule has 6 heteroatoms. The third-order valence-electron chi connectivity index (χ3n) is 2.78. The van der Waals surface area contributed by atoms with Crippen LogP contribution in [-0.4, -0.2) is 54.5 Å². The number of hydrogen-bond acceptors (Lipinski definition) is 5. The molecule has 1 unspecified atom stereocenters. The minimum absolute atomic E-state index is 0.00590. The maximum atomic E-state index is 12.3. The van der Waals surface area contributed by atoms with Crippen LogP contribution >= 0.6 is 7.14 Å². The van der Waals surface area contributed by atoms with Crippen molar-refractivity contribution in [3.8, 4) is 0 Å². The van der Waals surface area contributed by atoms with Crippen molar-refractivity contribution in [3.63, 3.8) is 0 Å². The maximum Gasteiger partial charge on any atom is 0.313 e. The lowest BCUT2D eigenvalue weighted by Crippen LogP contribution is -2.14.